The minimum absolute atomic E-state index is 1.03. The van der Waals surface area contributed by atoms with Gasteiger partial charge in [-0.15, -0.1) is 0 Å². The van der Waals surface area contributed by atoms with Crippen LogP contribution in [-0.2, 0) is 6.54 Å². The van der Waals surface area contributed by atoms with E-state index < -0.39 is 0 Å². The largest absolute Gasteiger partial charge is 0.265 e. The Morgan fingerprint density at radius 3 is 2.50 bits per heavy atom. The molecule has 0 bridgehead atoms. The normalized spacial score (nSPS) is 9.70. The van der Waals surface area contributed by atoms with E-state index >= 15 is 0 Å². The first kappa shape index (κ1) is 7.26. The van der Waals surface area contributed by atoms with E-state index in [1.165, 1.54) is 0 Å². The van der Waals surface area contributed by atoms with E-state index in [0.717, 1.165) is 13.0 Å². The molecule has 1 heterocycles. The average Bonchev–Trinajstić information content (AvgIpc) is 2.03. The SMILES string of the molecule is CC[CH-]C[n+]1ccccc1. The fraction of sp³-hybridized carbons (Fsp3) is 0.333. The highest BCUT2D eigenvalue weighted by Gasteiger charge is 1.86. The molecule has 1 heteroatoms. The summed E-state index contributed by atoms with van der Waals surface area (Å²) in [6.45, 7) is 3.18. The Balaban J connectivity index is 2.43. The van der Waals surface area contributed by atoms with Gasteiger partial charge in [0, 0.05) is 18.7 Å². The third kappa shape index (κ3) is 2.18. The second kappa shape index (κ2) is 4.04. The van der Waals surface area contributed by atoms with Gasteiger partial charge >= 0.3 is 0 Å². The first-order valence-electron chi connectivity index (χ1n) is 3.69. The smallest absolute Gasteiger partial charge is 0.166 e. The zero-order valence-electron chi connectivity index (χ0n) is 6.33. The summed E-state index contributed by atoms with van der Waals surface area (Å²) >= 11 is 0. The van der Waals surface area contributed by atoms with E-state index in [-0.39, 0.29) is 0 Å². The molecule has 1 aromatic rings. The molecule has 0 N–H and O–H groups in total. The zero-order valence-corrected chi connectivity index (χ0v) is 6.33. The topological polar surface area (TPSA) is 3.88 Å². The fourth-order valence-electron chi connectivity index (χ4n) is 0.834. The molecule has 1 rings (SSSR count). The lowest BCUT2D eigenvalue weighted by Crippen LogP contribution is -2.32. The zero-order chi connectivity index (χ0) is 7.23. The van der Waals surface area contributed by atoms with Crippen molar-refractivity contribution < 1.29 is 4.57 Å². The molecule has 0 unspecified atom stereocenters. The molecule has 1 nitrogen and oxygen atoms in total. The molecule has 1 aromatic heterocycles. The molecule has 0 amide bonds. The molecule has 0 aromatic carbocycles. The van der Waals surface area contributed by atoms with E-state index in [1.807, 2.05) is 18.2 Å². The summed E-state index contributed by atoms with van der Waals surface area (Å²) < 4.78 is 2.16. The predicted molar refractivity (Wildman–Crippen MR) is 41.2 cm³/mol. The Kier molecular flexibility index (Phi) is 2.94. The van der Waals surface area contributed by atoms with Crippen molar-refractivity contribution in [3.8, 4) is 0 Å². The quantitative estimate of drug-likeness (QED) is 0.437. The second-order valence-electron chi connectivity index (χ2n) is 2.27. The summed E-state index contributed by atoms with van der Waals surface area (Å²) in [7, 11) is 0. The Bertz CT molecular complexity index is 169. The molecule has 0 aliphatic heterocycles. The van der Waals surface area contributed by atoms with Crippen LogP contribution in [0.2, 0.25) is 0 Å². The van der Waals surface area contributed by atoms with Gasteiger partial charge in [-0.25, -0.2) is 4.57 Å². The van der Waals surface area contributed by atoms with Gasteiger partial charge in [0.1, 0.15) is 0 Å². The molecule has 0 spiro atoms. The van der Waals surface area contributed by atoms with E-state index in [1.54, 1.807) is 0 Å². The van der Waals surface area contributed by atoms with Gasteiger partial charge in [0.2, 0.25) is 0 Å². The van der Waals surface area contributed by atoms with Crippen molar-refractivity contribution in [3.63, 3.8) is 0 Å². The van der Waals surface area contributed by atoms with Gasteiger partial charge in [0.15, 0.2) is 12.4 Å². The van der Waals surface area contributed by atoms with Crippen LogP contribution >= 0.6 is 0 Å². The number of pyridine rings is 1. The second-order valence-corrected chi connectivity index (χ2v) is 2.27. The van der Waals surface area contributed by atoms with E-state index in [4.69, 9.17) is 0 Å². The van der Waals surface area contributed by atoms with Crippen LogP contribution in [0.1, 0.15) is 13.3 Å². The number of hydrogen-bond acceptors (Lipinski definition) is 0. The minimum atomic E-state index is 1.03. The van der Waals surface area contributed by atoms with Crippen LogP contribution in [-0.4, -0.2) is 0 Å². The van der Waals surface area contributed by atoms with E-state index in [9.17, 15) is 0 Å². The highest BCUT2D eigenvalue weighted by atomic mass is 14.9. The van der Waals surface area contributed by atoms with E-state index in [0.29, 0.717) is 0 Å². The Morgan fingerprint density at radius 2 is 1.90 bits per heavy atom. The highest BCUT2D eigenvalue weighted by molar-refractivity contribution is 4.83. The van der Waals surface area contributed by atoms with Crippen LogP contribution in [0, 0.1) is 6.42 Å². The molecular weight excluding hydrogens is 122 g/mol. The van der Waals surface area contributed by atoms with Crippen LogP contribution in [0.3, 0.4) is 0 Å². The Labute approximate surface area is 62.3 Å². The third-order valence-corrected chi connectivity index (χ3v) is 1.41. The molecular formula is C9H13N. The summed E-state index contributed by atoms with van der Waals surface area (Å²) in [5, 5.41) is 0. The van der Waals surface area contributed by atoms with Crippen LogP contribution in [0.15, 0.2) is 30.6 Å². The van der Waals surface area contributed by atoms with Crippen molar-refractivity contribution in [2.45, 2.75) is 19.9 Å². The van der Waals surface area contributed by atoms with Gasteiger partial charge in [-0.05, 0) is 0 Å². The van der Waals surface area contributed by atoms with Crippen LogP contribution < -0.4 is 4.57 Å². The van der Waals surface area contributed by atoms with Crippen molar-refractivity contribution in [1.29, 1.82) is 0 Å². The lowest BCUT2D eigenvalue weighted by atomic mass is 10.3. The lowest BCUT2D eigenvalue weighted by Gasteiger charge is -2.01. The first-order chi connectivity index (χ1) is 4.93. The number of rotatable bonds is 3. The summed E-state index contributed by atoms with van der Waals surface area (Å²) in [5.41, 5.74) is 0. The molecule has 10 heavy (non-hydrogen) atoms. The summed E-state index contributed by atoms with van der Waals surface area (Å²) in [6.07, 6.45) is 7.54. The van der Waals surface area contributed by atoms with Gasteiger partial charge in [-0.1, -0.05) is 13.0 Å². The van der Waals surface area contributed by atoms with Gasteiger partial charge < -0.3 is 0 Å². The van der Waals surface area contributed by atoms with Gasteiger partial charge in [0.05, 0.1) is 0 Å². The van der Waals surface area contributed by atoms with Crippen molar-refractivity contribution in [3.05, 3.63) is 37.0 Å². The highest BCUT2D eigenvalue weighted by Crippen LogP contribution is 1.83. The van der Waals surface area contributed by atoms with Crippen LogP contribution in [0.4, 0.5) is 0 Å². The monoisotopic (exact) mass is 135 g/mol. The van der Waals surface area contributed by atoms with Crippen LogP contribution in [0.5, 0.6) is 0 Å². The summed E-state index contributed by atoms with van der Waals surface area (Å²) in [4.78, 5) is 0. The van der Waals surface area contributed by atoms with Crippen molar-refractivity contribution >= 4 is 0 Å². The molecule has 0 atom stereocenters. The van der Waals surface area contributed by atoms with Gasteiger partial charge in [0.25, 0.3) is 0 Å². The maximum atomic E-state index is 2.25. The molecule has 0 fully saturated rings. The van der Waals surface area contributed by atoms with Gasteiger partial charge in [-0.3, -0.25) is 6.42 Å². The maximum Gasteiger partial charge on any atom is 0.166 e. The predicted octanol–water partition coefficient (Wildman–Crippen LogP) is 1.59. The molecule has 0 aliphatic rings. The molecule has 54 valence electrons. The Morgan fingerprint density at radius 1 is 1.20 bits per heavy atom. The Hall–Kier alpha value is -0.850. The number of aromatic nitrogens is 1. The van der Waals surface area contributed by atoms with Crippen molar-refractivity contribution in [2.75, 3.05) is 0 Å². The minimum Gasteiger partial charge on any atom is -0.265 e. The molecule has 0 aliphatic carbocycles. The van der Waals surface area contributed by atoms with E-state index in [2.05, 4.69) is 30.3 Å². The lowest BCUT2D eigenvalue weighted by molar-refractivity contribution is -0.690. The molecule has 0 saturated carbocycles. The molecule has 0 saturated heterocycles. The number of nitrogens with zero attached hydrogens (tertiary/aromatic N) is 1. The number of hydrogen-bond donors (Lipinski definition) is 0. The first-order valence-corrected chi connectivity index (χ1v) is 3.69. The third-order valence-electron chi connectivity index (χ3n) is 1.41. The standard InChI is InChI=1S/C9H13N/c1-2-3-7-10-8-5-4-6-9-10/h3-6,8-9H,2,7H2,1H3. The average molecular weight is 135 g/mol. The number of unbranched alkanes of at least 4 members (excludes halogenated alkanes) is 1. The molecule has 0 radical (unpaired) electrons. The maximum absolute atomic E-state index is 2.25. The fourth-order valence-corrected chi connectivity index (χ4v) is 0.834. The van der Waals surface area contributed by atoms with Crippen LogP contribution in [0.25, 0.3) is 0 Å². The van der Waals surface area contributed by atoms with Gasteiger partial charge in [-0.2, -0.15) is 6.42 Å². The van der Waals surface area contributed by atoms with Crippen molar-refractivity contribution in [2.24, 2.45) is 0 Å². The van der Waals surface area contributed by atoms with Crippen molar-refractivity contribution in [1.82, 2.24) is 0 Å². The summed E-state index contributed by atoms with van der Waals surface area (Å²) in [6, 6.07) is 6.12. The summed E-state index contributed by atoms with van der Waals surface area (Å²) in [5.74, 6) is 0.